The molecule has 2 rings (SSSR count). The predicted octanol–water partition coefficient (Wildman–Crippen LogP) is 2.61. The summed E-state index contributed by atoms with van der Waals surface area (Å²) in [5, 5.41) is 0. The van der Waals surface area contributed by atoms with E-state index in [0.29, 0.717) is 12.3 Å². The van der Waals surface area contributed by atoms with E-state index in [2.05, 4.69) is 4.72 Å². The Kier molecular flexibility index (Phi) is 4.32. The maximum atomic E-state index is 13.7. The fourth-order valence-corrected chi connectivity index (χ4v) is 2.84. The Hall–Kier alpha value is -2.28. The Morgan fingerprint density at radius 3 is 2.62 bits per heavy atom. The molecule has 0 atom stereocenters. The van der Waals surface area contributed by atoms with Gasteiger partial charge >= 0.3 is 0 Å². The molecule has 0 aliphatic heterocycles. The zero-order valence-corrected chi connectivity index (χ0v) is 12.2. The van der Waals surface area contributed by atoms with Crippen LogP contribution in [0.2, 0.25) is 0 Å². The molecule has 2 aromatic rings. The van der Waals surface area contributed by atoms with E-state index in [1.165, 1.54) is 30.3 Å². The summed E-state index contributed by atoms with van der Waals surface area (Å²) in [7, 11) is -3.82. The van der Waals surface area contributed by atoms with Crippen molar-refractivity contribution in [3.8, 4) is 5.75 Å². The minimum atomic E-state index is -3.82. The van der Waals surface area contributed by atoms with Crippen LogP contribution in [-0.4, -0.2) is 15.0 Å². The van der Waals surface area contributed by atoms with Crippen LogP contribution in [0.4, 0.5) is 15.8 Å². The molecule has 112 valence electrons. The Morgan fingerprint density at radius 1 is 1.24 bits per heavy atom. The first-order chi connectivity index (χ1) is 9.92. The molecule has 0 fully saturated rings. The van der Waals surface area contributed by atoms with E-state index < -0.39 is 15.8 Å². The predicted molar refractivity (Wildman–Crippen MR) is 79.2 cm³/mol. The Balaban J connectivity index is 2.27. The zero-order chi connectivity index (χ0) is 15.5. The lowest BCUT2D eigenvalue weighted by atomic mass is 10.3. The van der Waals surface area contributed by atoms with Crippen LogP contribution in [0.15, 0.2) is 47.4 Å². The van der Waals surface area contributed by atoms with Crippen molar-refractivity contribution in [1.29, 1.82) is 0 Å². The monoisotopic (exact) mass is 310 g/mol. The first-order valence-electron chi connectivity index (χ1n) is 6.23. The molecule has 21 heavy (non-hydrogen) atoms. The van der Waals surface area contributed by atoms with Crippen molar-refractivity contribution in [2.24, 2.45) is 0 Å². The summed E-state index contributed by atoms with van der Waals surface area (Å²) in [5.74, 6) is -0.561. The molecule has 0 aliphatic carbocycles. The van der Waals surface area contributed by atoms with Crippen LogP contribution in [-0.2, 0) is 10.0 Å². The second kappa shape index (κ2) is 6.01. The van der Waals surface area contributed by atoms with Gasteiger partial charge in [0.25, 0.3) is 10.0 Å². The number of anilines is 2. The maximum absolute atomic E-state index is 13.7. The van der Waals surface area contributed by atoms with Crippen molar-refractivity contribution in [3.05, 3.63) is 48.3 Å². The van der Waals surface area contributed by atoms with Crippen LogP contribution in [0, 0.1) is 5.82 Å². The summed E-state index contributed by atoms with van der Waals surface area (Å²) in [6, 6.07) is 9.71. The average molecular weight is 310 g/mol. The molecule has 3 N–H and O–H groups in total. The first kappa shape index (κ1) is 15.1. The third kappa shape index (κ3) is 3.63. The van der Waals surface area contributed by atoms with E-state index in [9.17, 15) is 12.8 Å². The average Bonchev–Trinajstić information content (AvgIpc) is 2.42. The SMILES string of the molecule is CCOc1ccc(NS(=O)(=O)c2cccc(N)c2)cc1F. The van der Waals surface area contributed by atoms with Gasteiger partial charge in [-0.25, -0.2) is 12.8 Å². The molecule has 2 aromatic carbocycles. The van der Waals surface area contributed by atoms with Crippen molar-refractivity contribution in [2.45, 2.75) is 11.8 Å². The van der Waals surface area contributed by atoms with Crippen LogP contribution >= 0.6 is 0 Å². The second-order valence-electron chi connectivity index (χ2n) is 4.26. The smallest absolute Gasteiger partial charge is 0.261 e. The fraction of sp³-hybridized carbons (Fsp3) is 0.143. The van der Waals surface area contributed by atoms with Crippen LogP contribution in [0.1, 0.15) is 6.92 Å². The molecule has 0 aromatic heterocycles. The highest BCUT2D eigenvalue weighted by Crippen LogP contribution is 2.23. The summed E-state index contributed by atoms with van der Waals surface area (Å²) in [6.07, 6.45) is 0. The number of hydrogen-bond donors (Lipinski definition) is 2. The van der Waals surface area contributed by atoms with Crippen molar-refractivity contribution in [3.63, 3.8) is 0 Å². The van der Waals surface area contributed by atoms with Crippen molar-refractivity contribution in [1.82, 2.24) is 0 Å². The molecule has 0 amide bonds. The van der Waals surface area contributed by atoms with Crippen LogP contribution < -0.4 is 15.2 Å². The zero-order valence-electron chi connectivity index (χ0n) is 11.3. The van der Waals surface area contributed by atoms with Gasteiger partial charge in [0.2, 0.25) is 0 Å². The van der Waals surface area contributed by atoms with E-state index in [1.807, 2.05) is 0 Å². The molecule has 0 heterocycles. The van der Waals surface area contributed by atoms with Gasteiger partial charge in [0.05, 0.1) is 17.2 Å². The molecule has 0 bridgehead atoms. The number of benzene rings is 2. The lowest BCUT2D eigenvalue weighted by Gasteiger charge is -2.10. The van der Waals surface area contributed by atoms with Gasteiger partial charge in [-0.2, -0.15) is 0 Å². The molecule has 0 aliphatic rings. The third-order valence-electron chi connectivity index (χ3n) is 2.65. The molecule has 0 saturated carbocycles. The standard InChI is InChI=1S/C14H15FN2O3S/c1-2-20-14-7-6-11(9-13(14)15)17-21(18,19)12-5-3-4-10(16)8-12/h3-9,17H,2,16H2,1H3. The Morgan fingerprint density at radius 2 is 2.00 bits per heavy atom. The molecule has 7 heteroatoms. The van der Waals surface area contributed by atoms with Crippen LogP contribution in [0.3, 0.4) is 0 Å². The highest BCUT2D eigenvalue weighted by molar-refractivity contribution is 7.92. The summed E-state index contributed by atoms with van der Waals surface area (Å²) < 4.78 is 45.4. The highest BCUT2D eigenvalue weighted by atomic mass is 32.2. The topological polar surface area (TPSA) is 81.4 Å². The molecule has 5 nitrogen and oxygen atoms in total. The van der Waals surface area contributed by atoms with Gasteiger partial charge in [-0.1, -0.05) is 6.07 Å². The van der Waals surface area contributed by atoms with Gasteiger partial charge in [0, 0.05) is 11.8 Å². The molecule has 0 saturated heterocycles. The van der Waals surface area contributed by atoms with Crippen molar-refractivity contribution in [2.75, 3.05) is 17.1 Å². The largest absolute Gasteiger partial charge is 0.491 e. The van der Waals surface area contributed by atoms with Gasteiger partial charge in [0.1, 0.15) is 0 Å². The number of nitrogens with one attached hydrogen (secondary N) is 1. The summed E-state index contributed by atoms with van der Waals surface area (Å²) in [4.78, 5) is 0.0109. The molecule has 0 unspecified atom stereocenters. The molecular weight excluding hydrogens is 295 g/mol. The van der Waals surface area contributed by atoms with Crippen LogP contribution in [0.25, 0.3) is 0 Å². The lowest BCUT2D eigenvalue weighted by molar-refractivity contribution is 0.321. The minimum Gasteiger partial charge on any atom is -0.491 e. The summed E-state index contributed by atoms with van der Waals surface area (Å²) in [5.41, 5.74) is 6.00. The minimum absolute atomic E-state index is 0.0109. The van der Waals surface area contributed by atoms with Gasteiger partial charge in [-0.3, -0.25) is 4.72 Å². The van der Waals surface area contributed by atoms with Crippen molar-refractivity contribution < 1.29 is 17.5 Å². The summed E-state index contributed by atoms with van der Waals surface area (Å²) in [6.45, 7) is 2.06. The number of hydrogen-bond acceptors (Lipinski definition) is 4. The molecular formula is C14H15FN2O3S. The number of nitrogens with two attached hydrogens (primary N) is 1. The van der Waals surface area contributed by atoms with E-state index >= 15 is 0 Å². The fourth-order valence-electron chi connectivity index (χ4n) is 1.73. The number of halogens is 1. The third-order valence-corrected chi connectivity index (χ3v) is 4.03. The van der Waals surface area contributed by atoms with Gasteiger partial charge in [-0.05, 0) is 37.3 Å². The Labute approximate surface area is 122 Å². The highest BCUT2D eigenvalue weighted by Gasteiger charge is 2.15. The van der Waals surface area contributed by atoms with Crippen LogP contribution in [0.5, 0.6) is 5.75 Å². The van der Waals surface area contributed by atoms with Crippen molar-refractivity contribution >= 4 is 21.4 Å². The van der Waals surface area contributed by atoms with Gasteiger partial charge in [-0.15, -0.1) is 0 Å². The number of ether oxygens (including phenoxy) is 1. The van der Waals surface area contributed by atoms with E-state index in [1.54, 1.807) is 13.0 Å². The van der Waals surface area contributed by atoms with E-state index in [4.69, 9.17) is 10.5 Å². The maximum Gasteiger partial charge on any atom is 0.261 e. The molecule has 0 radical (unpaired) electrons. The quantitative estimate of drug-likeness (QED) is 0.832. The first-order valence-corrected chi connectivity index (χ1v) is 7.71. The number of rotatable bonds is 5. The Bertz CT molecular complexity index is 748. The molecule has 0 spiro atoms. The number of sulfonamides is 1. The normalized spacial score (nSPS) is 11.1. The van der Waals surface area contributed by atoms with E-state index in [0.717, 1.165) is 6.07 Å². The van der Waals surface area contributed by atoms with Gasteiger partial charge < -0.3 is 10.5 Å². The van der Waals surface area contributed by atoms with Gasteiger partial charge in [0.15, 0.2) is 11.6 Å². The summed E-state index contributed by atoms with van der Waals surface area (Å²) >= 11 is 0. The van der Waals surface area contributed by atoms with E-state index in [-0.39, 0.29) is 16.3 Å². The second-order valence-corrected chi connectivity index (χ2v) is 5.94. The lowest BCUT2D eigenvalue weighted by Crippen LogP contribution is -2.13. The number of nitrogen functional groups attached to an aromatic ring is 1.